The van der Waals surface area contributed by atoms with E-state index in [-0.39, 0.29) is 23.5 Å². The highest BCUT2D eigenvalue weighted by Gasteiger charge is 2.18. The molecule has 5 heteroatoms. The molecule has 30 heavy (non-hydrogen) atoms. The van der Waals surface area contributed by atoms with E-state index >= 15 is 0 Å². The summed E-state index contributed by atoms with van der Waals surface area (Å²) in [4.78, 5) is 12.6. The SMILES string of the molecule is CC(C)=CCc1cc(CCC(=O)c2c(O)cc(O)cc2O)cc(CC=C(C)C)c1O. The van der Waals surface area contributed by atoms with Gasteiger partial charge in [0.2, 0.25) is 0 Å². The van der Waals surface area contributed by atoms with Gasteiger partial charge in [0.15, 0.2) is 5.78 Å². The fourth-order valence-electron chi connectivity index (χ4n) is 3.18. The molecule has 5 nitrogen and oxygen atoms in total. The molecule has 0 saturated carbocycles. The lowest BCUT2D eigenvalue weighted by molar-refractivity contribution is 0.0977. The summed E-state index contributed by atoms with van der Waals surface area (Å²) in [6, 6.07) is 5.85. The number of aromatic hydroxyl groups is 4. The van der Waals surface area contributed by atoms with Gasteiger partial charge in [-0.05, 0) is 63.6 Å². The van der Waals surface area contributed by atoms with Crippen molar-refractivity contribution in [2.24, 2.45) is 0 Å². The summed E-state index contributed by atoms with van der Waals surface area (Å²) < 4.78 is 0. The van der Waals surface area contributed by atoms with Crippen molar-refractivity contribution in [2.75, 3.05) is 0 Å². The second kappa shape index (κ2) is 10.0. The molecule has 0 saturated heterocycles. The van der Waals surface area contributed by atoms with Crippen LogP contribution < -0.4 is 0 Å². The number of allylic oxidation sites excluding steroid dienone is 4. The molecule has 0 atom stereocenters. The molecular formula is C25H30O5. The van der Waals surface area contributed by atoms with Gasteiger partial charge >= 0.3 is 0 Å². The third kappa shape index (κ3) is 6.14. The minimum absolute atomic E-state index is 0.0703. The number of hydrogen-bond donors (Lipinski definition) is 4. The fourth-order valence-corrected chi connectivity index (χ4v) is 3.18. The standard InChI is InChI=1S/C25H30O5/c1-15(2)5-8-18-11-17(12-19(25(18)30)9-6-16(3)4)7-10-21(27)24-22(28)13-20(26)14-23(24)29/h5-6,11-14,26,28-30H,7-10H2,1-4H3. The fraction of sp³-hybridized carbons (Fsp3) is 0.320. The summed E-state index contributed by atoms with van der Waals surface area (Å²) in [5, 5.41) is 39.9. The molecule has 0 spiro atoms. The van der Waals surface area contributed by atoms with Crippen LogP contribution in [0.1, 0.15) is 61.2 Å². The third-order valence-corrected chi connectivity index (χ3v) is 4.79. The van der Waals surface area contributed by atoms with Gasteiger partial charge < -0.3 is 20.4 Å². The van der Waals surface area contributed by atoms with Crippen LogP contribution >= 0.6 is 0 Å². The summed E-state index contributed by atoms with van der Waals surface area (Å²) in [6.07, 6.45) is 5.74. The Kier molecular flexibility index (Phi) is 7.70. The highest BCUT2D eigenvalue weighted by Crippen LogP contribution is 2.33. The van der Waals surface area contributed by atoms with Crippen LogP contribution in [0, 0.1) is 0 Å². The predicted molar refractivity (Wildman–Crippen MR) is 118 cm³/mol. The van der Waals surface area contributed by atoms with Crippen molar-refractivity contribution in [3.05, 3.63) is 69.8 Å². The van der Waals surface area contributed by atoms with E-state index in [0.29, 0.717) is 19.3 Å². The van der Waals surface area contributed by atoms with Crippen LogP contribution in [-0.4, -0.2) is 26.2 Å². The average Bonchev–Trinajstić information content (AvgIpc) is 2.63. The van der Waals surface area contributed by atoms with Crippen LogP contribution in [0.2, 0.25) is 0 Å². The van der Waals surface area contributed by atoms with Crippen molar-refractivity contribution >= 4 is 5.78 Å². The number of benzene rings is 2. The Morgan fingerprint density at radius 1 is 0.800 bits per heavy atom. The normalized spacial score (nSPS) is 10.5. The second-order valence-electron chi connectivity index (χ2n) is 8.02. The topological polar surface area (TPSA) is 98.0 Å². The lowest BCUT2D eigenvalue weighted by atomic mass is 9.95. The first-order valence-electron chi connectivity index (χ1n) is 9.97. The van der Waals surface area contributed by atoms with Crippen molar-refractivity contribution in [3.8, 4) is 23.0 Å². The first kappa shape index (κ1) is 23.1. The molecule has 4 N–H and O–H groups in total. The zero-order valence-electron chi connectivity index (χ0n) is 18.0. The Morgan fingerprint density at radius 3 is 1.70 bits per heavy atom. The molecule has 0 aliphatic carbocycles. The smallest absolute Gasteiger partial charge is 0.170 e. The molecule has 0 fully saturated rings. The molecular weight excluding hydrogens is 380 g/mol. The maximum Gasteiger partial charge on any atom is 0.170 e. The van der Waals surface area contributed by atoms with Gasteiger partial charge in [-0.25, -0.2) is 0 Å². The molecule has 2 aromatic rings. The molecule has 0 heterocycles. The molecule has 0 amide bonds. The molecule has 2 rings (SSSR count). The van der Waals surface area contributed by atoms with E-state index in [0.717, 1.165) is 40.0 Å². The van der Waals surface area contributed by atoms with Crippen molar-refractivity contribution in [1.29, 1.82) is 0 Å². The van der Waals surface area contributed by atoms with Gasteiger partial charge in [-0.3, -0.25) is 4.79 Å². The van der Waals surface area contributed by atoms with E-state index in [1.807, 2.05) is 52.0 Å². The largest absolute Gasteiger partial charge is 0.508 e. The molecule has 0 radical (unpaired) electrons. The van der Waals surface area contributed by atoms with E-state index in [4.69, 9.17) is 0 Å². The highest BCUT2D eigenvalue weighted by molar-refractivity contribution is 6.01. The quantitative estimate of drug-likeness (QED) is 0.348. The summed E-state index contributed by atoms with van der Waals surface area (Å²) in [7, 11) is 0. The van der Waals surface area contributed by atoms with Gasteiger partial charge in [0.25, 0.3) is 0 Å². The van der Waals surface area contributed by atoms with Crippen LogP contribution in [0.4, 0.5) is 0 Å². The Balaban J connectivity index is 2.30. The minimum atomic E-state index is -0.447. The van der Waals surface area contributed by atoms with Crippen molar-refractivity contribution < 1.29 is 25.2 Å². The van der Waals surface area contributed by atoms with Crippen molar-refractivity contribution in [1.82, 2.24) is 0 Å². The third-order valence-electron chi connectivity index (χ3n) is 4.79. The number of phenols is 4. The van der Waals surface area contributed by atoms with Gasteiger partial charge in [0.1, 0.15) is 28.6 Å². The van der Waals surface area contributed by atoms with Gasteiger partial charge in [0, 0.05) is 18.6 Å². The number of phenolic OH excluding ortho intramolecular Hbond substituents is 4. The first-order chi connectivity index (χ1) is 14.1. The summed E-state index contributed by atoms with van der Waals surface area (Å²) in [6.45, 7) is 8.00. The predicted octanol–water partition coefficient (Wildman–Crippen LogP) is 5.34. The lowest BCUT2D eigenvalue weighted by Crippen LogP contribution is -2.03. The van der Waals surface area contributed by atoms with Gasteiger partial charge in [-0.15, -0.1) is 0 Å². The van der Waals surface area contributed by atoms with Gasteiger partial charge in [-0.2, -0.15) is 0 Å². The summed E-state index contributed by atoms with van der Waals surface area (Å²) in [5.41, 5.74) is 4.61. The van der Waals surface area contributed by atoms with Crippen LogP contribution in [0.3, 0.4) is 0 Å². The Morgan fingerprint density at radius 2 is 1.27 bits per heavy atom. The molecule has 0 aliphatic heterocycles. The van der Waals surface area contributed by atoms with E-state index < -0.39 is 17.3 Å². The number of ketones is 1. The Hall–Kier alpha value is -3.21. The molecule has 0 aliphatic rings. The van der Waals surface area contributed by atoms with E-state index in [9.17, 15) is 25.2 Å². The maximum absolute atomic E-state index is 12.6. The van der Waals surface area contributed by atoms with Crippen LogP contribution in [0.15, 0.2) is 47.6 Å². The number of rotatable bonds is 8. The number of carbonyl (C=O) groups is 1. The average molecular weight is 411 g/mol. The summed E-state index contributed by atoms with van der Waals surface area (Å²) in [5.74, 6) is -1.36. The number of Topliss-reactive ketones (excluding diaryl/α,β-unsaturated/α-hetero) is 1. The zero-order valence-corrected chi connectivity index (χ0v) is 18.0. The number of aryl methyl sites for hydroxylation is 1. The van der Waals surface area contributed by atoms with E-state index in [1.165, 1.54) is 0 Å². The van der Waals surface area contributed by atoms with Crippen molar-refractivity contribution in [2.45, 2.75) is 53.4 Å². The summed E-state index contributed by atoms with van der Waals surface area (Å²) >= 11 is 0. The first-order valence-corrected chi connectivity index (χ1v) is 9.97. The minimum Gasteiger partial charge on any atom is -0.508 e. The lowest BCUT2D eigenvalue weighted by Gasteiger charge is -2.12. The zero-order chi connectivity index (χ0) is 22.4. The molecule has 0 unspecified atom stereocenters. The van der Waals surface area contributed by atoms with E-state index in [2.05, 4.69) is 0 Å². The molecule has 160 valence electrons. The van der Waals surface area contributed by atoms with E-state index in [1.54, 1.807) is 0 Å². The van der Waals surface area contributed by atoms with Crippen LogP contribution in [0.25, 0.3) is 0 Å². The van der Waals surface area contributed by atoms with Gasteiger partial charge in [0.05, 0.1) is 0 Å². The van der Waals surface area contributed by atoms with Crippen molar-refractivity contribution in [3.63, 3.8) is 0 Å². The highest BCUT2D eigenvalue weighted by atomic mass is 16.3. The second-order valence-corrected chi connectivity index (χ2v) is 8.02. The van der Waals surface area contributed by atoms with Crippen LogP contribution in [-0.2, 0) is 19.3 Å². The molecule has 0 bridgehead atoms. The van der Waals surface area contributed by atoms with Gasteiger partial charge in [-0.1, -0.05) is 35.4 Å². The monoisotopic (exact) mass is 410 g/mol. The number of hydrogen-bond acceptors (Lipinski definition) is 5. The maximum atomic E-state index is 12.6. The Bertz CT molecular complexity index is 927. The Labute approximate surface area is 177 Å². The van der Waals surface area contributed by atoms with Crippen LogP contribution in [0.5, 0.6) is 23.0 Å². The molecule has 2 aromatic carbocycles. The molecule has 0 aromatic heterocycles. The number of carbonyl (C=O) groups excluding carboxylic acids is 1.